The van der Waals surface area contributed by atoms with Crippen LogP contribution in [0.5, 0.6) is 11.8 Å². The average Bonchev–Trinajstić information content (AvgIpc) is 2.83. The van der Waals surface area contributed by atoms with Gasteiger partial charge in [-0.15, -0.1) is 11.8 Å². The predicted molar refractivity (Wildman–Crippen MR) is 95.2 cm³/mol. The smallest absolute Gasteiger partial charge is 0.219 e. The van der Waals surface area contributed by atoms with Crippen LogP contribution >= 0.6 is 11.8 Å². The Morgan fingerprint density at radius 3 is 2.17 bits per heavy atom. The molecule has 1 heterocycles. The van der Waals surface area contributed by atoms with Gasteiger partial charge in [-0.25, -0.2) is 0 Å². The average molecular weight is 343 g/mol. The number of nitrogens with one attached hydrogen (secondary N) is 1. The first-order valence-corrected chi connectivity index (χ1v) is 9.68. The van der Waals surface area contributed by atoms with Crippen LogP contribution in [0.25, 0.3) is 0 Å². The summed E-state index contributed by atoms with van der Waals surface area (Å²) in [5.41, 5.74) is 0. The lowest BCUT2D eigenvalue weighted by Crippen LogP contribution is -2.16. The van der Waals surface area contributed by atoms with E-state index >= 15 is 0 Å². The fourth-order valence-corrected chi connectivity index (χ4v) is 3.13. The highest BCUT2D eigenvalue weighted by molar-refractivity contribution is 7.98. The molecular formula is C17H30N2O3S. The zero-order valence-corrected chi connectivity index (χ0v) is 15.1. The molecular weight excluding hydrogens is 312 g/mol. The Hall–Kier alpha value is -1.30. The standard InChI is InChI=1S/C17H30N2O3S/c1-18-15(20)11-9-7-5-3-4-6-8-10-12-19-16(21)13-14(23-2)17(19)22/h13,21-22H,3-12H2,1-2H3,(H,18,20). The Labute approximate surface area is 143 Å². The molecule has 0 aliphatic heterocycles. The van der Waals surface area contributed by atoms with Gasteiger partial charge < -0.3 is 15.5 Å². The van der Waals surface area contributed by atoms with Gasteiger partial charge in [0.2, 0.25) is 11.8 Å². The lowest BCUT2D eigenvalue weighted by Gasteiger charge is -2.07. The minimum Gasteiger partial charge on any atom is -0.494 e. The molecule has 0 atom stereocenters. The molecule has 1 aromatic rings. The second-order valence-corrected chi connectivity index (χ2v) is 6.65. The van der Waals surface area contributed by atoms with E-state index in [1.165, 1.54) is 37.4 Å². The molecule has 6 heteroatoms. The number of rotatable bonds is 12. The van der Waals surface area contributed by atoms with Crippen LogP contribution < -0.4 is 5.32 Å². The van der Waals surface area contributed by atoms with Crippen molar-refractivity contribution in [2.24, 2.45) is 0 Å². The minimum absolute atomic E-state index is 0.131. The molecule has 0 fully saturated rings. The van der Waals surface area contributed by atoms with E-state index in [0.717, 1.165) is 30.6 Å². The van der Waals surface area contributed by atoms with Crippen LogP contribution in [0.3, 0.4) is 0 Å². The summed E-state index contributed by atoms with van der Waals surface area (Å²) in [6, 6.07) is 1.61. The molecule has 1 amide bonds. The van der Waals surface area contributed by atoms with E-state index in [4.69, 9.17) is 0 Å². The second-order valence-electron chi connectivity index (χ2n) is 5.80. The van der Waals surface area contributed by atoms with E-state index in [-0.39, 0.29) is 17.7 Å². The van der Waals surface area contributed by atoms with Crippen molar-refractivity contribution in [2.75, 3.05) is 13.3 Å². The van der Waals surface area contributed by atoms with Crippen LogP contribution in [-0.2, 0) is 11.3 Å². The fraction of sp³-hybridized carbons (Fsp3) is 0.706. The first-order valence-electron chi connectivity index (χ1n) is 8.46. The van der Waals surface area contributed by atoms with Gasteiger partial charge in [-0.1, -0.05) is 38.5 Å². The molecule has 0 aliphatic carbocycles. The van der Waals surface area contributed by atoms with Crippen molar-refractivity contribution in [1.29, 1.82) is 0 Å². The topological polar surface area (TPSA) is 74.5 Å². The van der Waals surface area contributed by atoms with Crippen molar-refractivity contribution < 1.29 is 15.0 Å². The van der Waals surface area contributed by atoms with Crippen molar-refractivity contribution in [3.05, 3.63) is 6.07 Å². The highest BCUT2D eigenvalue weighted by atomic mass is 32.2. The van der Waals surface area contributed by atoms with Gasteiger partial charge in [0.05, 0.1) is 4.90 Å². The van der Waals surface area contributed by atoms with E-state index in [1.807, 2.05) is 6.26 Å². The summed E-state index contributed by atoms with van der Waals surface area (Å²) in [5.74, 6) is 0.445. The molecule has 1 rings (SSSR count). The zero-order chi connectivity index (χ0) is 17.1. The number of aromatic hydroxyl groups is 2. The third kappa shape index (κ3) is 7.20. The van der Waals surface area contributed by atoms with Crippen LogP contribution in [0.1, 0.15) is 57.8 Å². The van der Waals surface area contributed by atoms with Crippen LogP contribution in [0, 0.1) is 0 Å². The molecule has 1 aromatic heterocycles. The molecule has 132 valence electrons. The second kappa shape index (κ2) is 11.3. The van der Waals surface area contributed by atoms with Gasteiger partial charge in [0.25, 0.3) is 0 Å². The maximum absolute atomic E-state index is 11.1. The van der Waals surface area contributed by atoms with Crippen molar-refractivity contribution in [1.82, 2.24) is 9.88 Å². The SMILES string of the molecule is CNC(=O)CCCCCCCCCCn1c(O)cc(SC)c1O. The first-order chi connectivity index (χ1) is 11.1. The summed E-state index contributed by atoms with van der Waals surface area (Å²) < 4.78 is 1.57. The molecule has 3 N–H and O–H groups in total. The van der Waals surface area contributed by atoms with Crippen LogP contribution in [0.2, 0.25) is 0 Å². The summed E-state index contributed by atoms with van der Waals surface area (Å²) in [6.45, 7) is 0.657. The molecule has 0 bridgehead atoms. The molecule has 0 saturated carbocycles. The Kier molecular flexibility index (Phi) is 9.67. The van der Waals surface area contributed by atoms with E-state index in [9.17, 15) is 15.0 Å². The highest BCUT2D eigenvalue weighted by Gasteiger charge is 2.12. The van der Waals surface area contributed by atoms with Gasteiger partial charge in [-0.2, -0.15) is 0 Å². The van der Waals surface area contributed by atoms with Crippen molar-refractivity contribution in [3.63, 3.8) is 0 Å². The number of carbonyl (C=O) groups excluding carboxylic acids is 1. The van der Waals surface area contributed by atoms with Crippen LogP contribution in [0.4, 0.5) is 0 Å². The van der Waals surface area contributed by atoms with Gasteiger partial charge in [0.15, 0.2) is 5.88 Å². The Balaban J connectivity index is 2.02. The fourth-order valence-electron chi connectivity index (χ4n) is 2.61. The minimum atomic E-state index is 0.131. The Bertz CT molecular complexity index is 475. The third-order valence-corrected chi connectivity index (χ3v) is 4.79. The number of nitrogens with zero attached hydrogens (tertiary/aromatic N) is 1. The van der Waals surface area contributed by atoms with E-state index in [1.54, 1.807) is 17.7 Å². The molecule has 0 spiro atoms. The van der Waals surface area contributed by atoms with Crippen molar-refractivity contribution in [2.45, 2.75) is 69.2 Å². The normalized spacial score (nSPS) is 10.9. The third-order valence-electron chi connectivity index (χ3n) is 4.05. The lowest BCUT2D eigenvalue weighted by atomic mass is 10.1. The van der Waals surface area contributed by atoms with Gasteiger partial charge in [-0.3, -0.25) is 9.36 Å². The monoisotopic (exact) mass is 342 g/mol. The molecule has 0 aromatic carbocycles. The van der Waals surface area contributed by atoms with Gasteiger partial charge in [0.1, 0.15) is 0 Å². The molecule has 0 aliphatic rings. The molecule has 5 nitrogen and oxygen atoms in total. The van der Waals surface area contributed by atoms with Crippen molar-refractivity contribution >= 4 is 17.7 Å². The highest BCUT2D eigenvalue weighted by Crippen LogP contribution is 2.34. The van der Waals surface area contributed by atoms with Crippen LogP contribution in [-0.4, -0.2) is 34.0 Å². The van der Waals surface area contributed by atoms with Gasteiger partial charge in [-0.05, 0) is 19.1 Å². The molecule has 0 saturated heterocycles. The number of aromatic nitrogens is 1. The number of amides is 1. The molecule has 23 heavy (non-hydrogen) atoms. The summed E-state index contributed by atoms with van der Waals surface area (Å²) in [4.78, 5) is 11.8. The van der Waals surface area contributed by atoms with E-state index in [2.05, 4.69) is 5.32 Å². The quantitative estimate of drug-likeness (QED) is 0.398. The molecule has 0 unspecified atom stereocenters. The van der Waals surface area contributed by atoms with E-state index in [0.29, 0.717) is 13.0 Å². The van der Waals surface area contributed by atoms with Crippen molar-refractivity contribution in [3.8, 4) is 11.8 Å². The maximum Gasteiger partial charge on any atom is 0.219 e. The summed E-state index contributed by atoms with van der Waals surface area (Å²) in [5, 5.41) is 22.4. The van der Waals surface area contributed by atoms with Gasteiger partial charge >= 0.3 is 0 Å². The van der Waals surface area contributed by atoms with Gasteiger partial charge in [0, 0.05) is 26.1 Å². The summed E-state index contributed by atoms with van der Waals surface area (Å²) >= 11 is 1.43. The first kappa shape index (κ1) is 19.7. The zero-order valence-electron chi connectivity index (χ0n) is 14.3. The lowest BCUT2D eigenvalue weighted by molar-refractivity contribution is -0.120. The summed E-state index contributed by atoms with van der Waals surface area (Å²) in [7, 11) is 1.68. The number of hydrogen-bond acceptors (Lipinski definition) is 4. The largest absolute Gasteiger partial charge is 0.494 e. The van der Waals surface area contributed by atoms with Crippen LogP contribution in [0.15, 0.2) is 11.0 Å². The van der Waals surface area contributed by atoms with E-state index < -0.39 is 0 Å². The molecule has 0 radical (unpaired) electrons. The number of hydrogen-bond donors (Lipinski definition) is 3. The summed E-state index contributed by atoms with van der Waals surface area (Å²) in [6.07, 6.45) is 11.5. The maximum atomic E-state index is 11.1. The predicted octanol–water partition coefficient (Wildman–Crippen LogP) is 3.88. The Morgan fingerprint density at radius 2 is 1.65 bits per heavy atom. The number of carbonyl (C=O) groups is 1. The number of unbranched alkanes of at least 4 members (excludes halogenated alkanes) is 7. The Morgan fingerprint density at radius 1 is 1.09 bits per heavy atom. The number of thioether (sulfide) groups is 1.